The van der Waals surface area contributed by atoms with Gasteiger partial charge >= 0.3 is 0 Å². The molecule has 0 radical (unpaired) electrons. The molecule has 1 aliphatic rings. The number of ether oxygens (including phenoxy) is 1. The number of hydrogen-bond donors (Lipinski definition) is 2. The molecule has 1 heterocycles. The maximum Gasteiger partial charge on any atom is 0.133 e. The van der Waals surface area contributed by atoms with Gasteiger partial charge < -0.3 is 15.2 Å². The topological polar surface area (TPSA) is 41.5 Å². The van der Waals surface area contributed by atoms with Gasteiger partial charge in [0.2, 0.25) is 0 Å². The molecule has 0 aliphatic carbocycles. The van der Waals surface area contributed by atoms with Gasteiger partial charge in [0.05, 0.1) is 22.8 Å². The van der Waals surface area contributed by atoms with E-state index in [4.69, 9.17) is 4.74 Å². The molecule has 1 atom stereocenters. The molecule has 1 saturated heterocycles. The van der Waals surface area contributed by atoms with E-state index in [0.717, 1.165) is 22.3 Å². The second-order valence-electron chi connectivity index (χ2n) is 3.26. The van der Waals surface area contributed by atoms with E-state index >= 15 is 0 Å². The summed E-state index contributed by atoms with van der Waals surface area (Å²) in [6, 6.07) is 5.90. The Hall–Kier alpha value is -0.330. The third-order valence-corrected chi connectivity index (χ3v) is 3.19. The summed E-state index contributed by atoms with van der Waals surface area (Å²) in [5, 5.41) is 13.2. The second kappa shape index (κ2) is 4.46. The summed E-state index contributed by atoms with van der Waals surface area (Å²) in [7, 11) is 0. The van der Waals surface area contributed by atoms with Gasteiger partial charge in [-0.2, -0.15) is 0 Å². The van der Waals surface area contributed by atoms with E-state index in [1.165, 1.54) is 0 Å². The molecular weight excluding hydrogens is 293 g/mol. The van der Waals surface area contributed by atoms with Crippen molar-refractivity contribution in [1.29, 1.82) is 0 Å². The molecule has 76 valence electrons. The summed E-state index contributed by atoms with van der Waals surface area (Å²) in [5.74, 6) is 0.371. The molecule has 0 unspecified atom stereocenters. The van der Waals surface area contributed by atoms with Crippen molar-refractivity contribution in [3.8, 4) is 5.75 Å². The fourth-order valence-electron chi connectivity index (χ4n) is 1.58. The second-order valence-corrected chi connectivity index (χ2v) is 4.42. The number of hydrogen-bond acceptors (Lipinski definition) is 3. The molecule has 0 amide bonds. The van der Waals surface area contributed by atoms with Crippen LogP contribution in [0.4, 0.5) is 0 Å². The highest BCUT2D eigenvalue weighted by atomic mass is 127. The van der Waals surface area contributed by atoms with Crippen molar-refractivity contribution in [3.05, 3.63) is 27.3 Å². The quantitative estimate of drug-likeness (QED) is 0.775. The lowest BCUT2D eigenvalue weighted by atomic mass is 10.1. The molecule has 14 heavy (non-hydrogen) atoms. The molecule has 2 rings (SSSR count). The fourth-order valence-corrected chi connectivity index (χ4v) is 2.10. The number of phenolic OH excluding ortho intramolecular Hbond substituents is 1. The Balaban J connectivity index is 2.26. The highest BCUT2D eigenvalue weighted by molar-refractivity contribution is 14.1. The Bertz CT molecular complexity index is 324. The van der Waals surface area contributed by atoms with Gasteiger partial charge in [0, 0.05) is 12.1 Å². The molecule has 4 heteroatoms. The highest BCUT2D eigenvalue weighted by Gasteiger charge is 2.18. The minimum absolute atomic E-state index is 0.124. The van der Waals surface area contributed by atoms with E-state index in [2.05, 4.69) is 27.9 Å². The number of phenols is 1. The lowest BCUT2D eigenvalue weighted by Gasteiger charge is -2.24. The van der Waals surface area contributed by atoms with E-state index in [9.17, 15) is 5.11 Å². The van der Waals surface area contributed by atoms with Crippen molar-refractivity contribution in [2.45, 2.75) is 6.04 Å². The van der Waals surface area contributed by atoms with Crippen LogP contribution in [0.1, 0.15) is 11.6 Å². The monoisotopic (exact) mass is 305 g/mol. The van der Waals surface area contributed by atoms with Crippen molar-refractivity contribution in [2.75, 3.05) is 19.8 Å². The number of aromatic hydroxyl groups is 1. The molecule has 3 nitrogen and oxygen atoms in total. The zero-order chi connectivity index (χ0) is 9.97. The SMILES string of the molecule is Oc1c(I)cccc1[C@H]1COCCN1. The van der Waals surface area contributed by atoms with E-state index in [0.29, 0.717) is 12.4 Å². The Morgan fingerprint density at radius 2 is 2.36 bits per heavy atom. The average molecular weight is 305 g/mol. The van der Waals surface area contributed by atoms with Gasteiger partial charge in [-0.15, -0.1) is 0 Å². The van der Waals surface area contributed by atoms with Crippen LogP contribution in [0.5, 0.6) is 5.75 Å². The third-order valence-electron chi connectivity index (χ3n) is 2.32. The van der Waals surface area contributed by atoms with E-state index in [1.54, 1.807) is 0 Å². The first-order chi connectivity index (χ1) is 6.79. The first-order valence-corrected chi connectivity index (χ1v) is 5.65. The third kappa shape index (κ3) is 2.02. The standard InChI is InChI=1S/C10H12INO2/c11-8-3-1-2-7(10(8)13)9-6-14-5-4-12-9/h1-3,9,12-13H,4-6H2/t9-/m1/s1. The zero-order valence-corrected chi connectivity index (χ0v) is 9.82. The smallest absolute Gasteiger partial charge is 0.133 e. The lowest BCUT2D eigenvalue weighted by molar-refractivity contribution is 0.0760. The number of morpholine rings is 1. The summed E-state index contributed by atoms with van der Waals surface area (Å²) in [5.41, 5.74) is 0.927. The first-order valence-electron chi connectivity index (χ1n) is 4.57. The number of nitrogens with one attached hydrogen (secondary N) is 1. The minimum Gasteiger partial charge on any atom is -0.506 e. The average Bonchev–Trinajstić information content (AvgIpc) is 2.23. The van der Waals surface area contributed by atoms with Crippen LogP contribution in [0.3, 0.4) is 0 Å². The van der Waals surface area contributed by atoms with Gasteiger partial charge in [-0.05, 0) is 28.7 Å². The van der Waals surface area contributed by atoms with Gasteiger partial charge in [-0.3, -0.25) is 0 Å². The van der Waals surface area contributed by atoms with Crippen molar-refractivity contribution < 1.29 is 9.84 Å². The summed E-state index contributed by atoms with van der Waals surface area (Å²) >= 11 is 2.13. The summed E-state index contributed by atoms with van der Waals surface area (Å²) in [4.78, 5) is 0. The Kier molecular flexibility index (Phi) is 3.25. The molecule has 1 fully saturated rings. The predicted octanol–water partition coefficient (Wildman–Crippen LogP) is 1.66. The van der Waals surface area contributed by atoms with Crippen LogP contribution in [0.25, 0.3) is 0 Å². The molecule has 1 aromatic carbocycles. The molecule has 1 aliphatic heterocycles. The van der Waals surface area contributed by atoms with Gasteiger partial charge in [-0.1, -0.05) is 12.1 Å². The maximum atomic E-state index is 9.85. The highest BCUT2D eigenvalue weighted by Crippen LogP contribution is 2.29. The number of rotatable bonds is 1. The normalized spacial score (nSPS) is 22.2. The molecular formula is C10H12INO2. The van der Waals surface area contributed by atoms with Crippen LogP contribution in [0.15, 0.2) is 18.2 Å². The molecule has 0 bridgehead atoms. The maximum absolute atomic E-state index is 9.85. The molecule has 2 N–H and O–H groups in total. The molecule has 1 aromatic rings. The zero-order valence-electron chi connectivity index (χ0n) is 7.66. The summed E-state index contributed by atoms with van der Waals surface area (Å²) < 4.78 is 6.24. The van der Waals surface area contributed by atoms with Gasteiger partial charge in [-0.25, -0.2) is 0 Å². The van der Waals surface area contributed by atoms with E-state index in [1.807, 2.05) is 18.2 Å². The van der Waals surface area contributed by atoms with Gasteiger partial charge in [0.15, 0.2) is 0 Å². The van der Waals surface area contributed by atoms with Crippen LogP contribution in [0.2, 0.25) is 0 Å². The largest absolute Gasteiger partial charge is 0.506 e. The van der Waals surface area contributed by atoms with Gasteiger partial charge in [0.25, 0.3) is 0 Å². The summed E-state index contributed by atoms with van der Waals surface area (Å²) in [6.07, 6.45) is 0. The number of halogens is 1. The Morgan fingerprint density at radius 3 is 3.07 bits per heavy atom. The van der Waals surface area contributed by atoms with Crippen LogP contribution >= 0.6 is 22.6 Å². The number of benzene rings is 1. The fraction of sp³-hybridized carbons (Fsp3) is 0.400. The molecule has 0 saturated carbocycles. The van der Waals surface area contributed by atoms with E-state index < -0.39 is 0 Å². The molecule has 0 aromatic heterocycles. The molecule has 0 spiro atoms. The van der Waals surface area contributed by atoms with Crippen LogP contribution in [-0.2, 0) is 4.74 Å². The van der Waals surface area contributed by atoms with Crippen LogP contribution in [0, 0.1) is 3.57 Å². The van der Waals surface area contributed by atoms with Crippen LogP contribution in [-0.4, -0.2) is 24.9 Å². The van der Waals surface area contributed by atoms with E-state index in [-0.39, 0.29) is 6.04 Å². The first kappa shape index (κ1) is 10.2. The Morgan fingerprint density at radius 1 is 1.50 bits per heavy atom. The predicted molar refractivity (Wildman–Crippen MR) is 62.4 cm³/mol. The van der Waals surface area contributed by atoms with Crippen LogP contribution < -0.4 is 5.32 Å². The summed E-state index contributed by atoms with van der Waals surface area (Å²) in [6.45, 7) is 2.23. The van der Waals surface area contributed by atoms with Gasteiger partial charge in [0.1, 0.15) is 5.75 Å². The lowest BCUT2D eigenvalue weighted by Crippen LogP contribution is -2.34. The number of para-hydroxylation sites is 1. The van der Waals surface area contributed by atoms with Crippen molar-refractivity contribution in [2.24, 2.45) is 0 Å². The minimum atomic E-state index is 0.124. The van der Waals surface area contributed by atoms with Crippen molar-refractivity contribution in [3.63, 3.8) is 0 Å². The van der Waals surface area contributed by atoms with Crippen molar-refractivity contribution >= 4 is 22.6 Å². The van der Waals surface area contributed by atoms with Crippen molar-refractivity contribution in [1.82, 2.24) is 5.32 Å². The Labute approximate surface area is 96.6 Å².